The molecule has 2 heterocycles. The third-order valence-corrected chi connectivity index (χ3v) is 6.36. The highest BCUT2D eigenvalue weighted by molar-refractivity contribution is 9.11. The molecule has 0 fully saturated rings. The first-order valence-corrected chi connectivity index (χ1v) is 9.61. The summed E-state index contributed by atoms with van der Waals surface area (Å²) in [5, 5.41) is 0.600. The molecular formula is C11H11BrN2O3S3. The van der Waals surface area contributed by atoms with E-state index in [4.69, 9.17) is 0 Å². The number of hydrogen-bond donors (Lipinski definition) is 0. The summed E-state index contributed by atoms with van der Waals surface area (Å²) < 4.78 is 29.4. The van der Waals surface area contributed by atoms with E-state index >= 15 is 0 Å². The van der Waals surface area contributed by atoms with Crippen LogP contribution in [0.5, 0.6) is 0 Å². The van der Waals surface area contributed by atoms with Gasteiger partial charge in [0.2, 0.25) is 0 Å². The van der Waals surface area contributed by atoms with Crippen LogP contribution < -0.4 is 0 Å². The zero-order valence-corrected chi connectivity index (χ0v) is 14.9. The van der Waals surface area contributed by atoms with Gasteiger partial charge in [-0.2, -0.15) is 8.42 Å². The maximum atomic E-state index is 12.0. The highest BCUT2D eigenvalue weighted by atomic mass is 79.9. The van der Waals surface area contributed by atoms with Gasteiger partial charge in [0.25, 0.3) is 0 Å². The largest absolute Gasteiger partial charge is 0.307 e. The number of thioether (sulfide) groups is 1. The number of rotatable bonds is 4. The van der Waals surface area contributed by atoms with Gasteiger partial charge in [-0.15, -0.1) is 11.3 Å². The van der Waals surface area contributed by atoms with E-state index in [1.54, 1.807) is 12.1 Å². The molecule has 0 N–H and O–H groups in total. The third kappa shape index (κ3) is 3.22. The molecule has 9 heteroatoms. The Morgan fingerprint density at radius 3 is 2.65 bits per heavy atom. The lowest BCUT2D eigenvalue weighted by Gasteiger charge is -2.05. The van der Waals surface area contributed by atoms with Crippen molar-refractivity contribution in [3.05, 3.63) is 21.6 Å². The second-order valence-electron chi connectivity index (χ2n) is 3.75. The second-order valence-corrected chi connectivity index (χ2v) is 8.87. The van der Waals surface area contributed by atoms with Crippen molar-refractivity contribution in [2.75, 3.05) is 13.4 Å². The average molecular weight is 395 g/mol. The summed E-state index contributed by atoms with van der Waals surface area (Å²) in [6.07, 6.45) is 1.87. The maximum Gasteiger partial charge on any atom is 0.307 e. The molecular weight excluding hydrogens is 384 g/mol. The Kier molecular flexibility index (Phi) is 4.85. The molecule has 108 valence electrons. The van der Waals surface area contributed by atoms with E-state index < -0.39 is 10.1 Å². The fourth-order valence-electron chi connectivity index (χ4n) is 1.56. The summed E-state index contributed by atoms with van der Waals surface area (Å²) in [7, 11) is -2.62. The van der Waals surface area contributed by atoms with Crippen LogP contribution in [0.4, 0.5) is 0 Å². The SMILES string of the molecule is COS(=O)(=O)c1sc(Br)cc1-c1cc(C)nc(SC)n1. The Balaban J connectivity index is 2.67. The third-order valence-electron chi connectivity index (χ3n) is 2.41. The van der Waals surface area contributed by atoms with E-state index in [1.807, 2.05) is 13.2 Å². The molecule has 20 heavy (non-hydrogen) atoms. The lowest BCUT2D eigenvalue weighted by molar-refractivity contribution is 0.399. The molecule has 0 bridgehead atoms. The van der Waals surface area contributed by atoms with Crippen LogP contribution >= 0.6 is 39.0 Å². The number of thiophene rings is 1. The minimum Gasteiger partial charge on any atom is -0.269 e. The lowest BCUT2D eigenvalue weighted by Crippen LogP contribution is -2.03. The fourth-order valence-corrected chi connectivity index (χ4v) is 5.11. The molecule has 5 nitrogen and oxygen atoms in total. The molecule has 0 aromatic carbocycles. The summed E-state index contributed by atoms with van der Waals surface area (Å²) in [5.41, 5.74) is 1.87. The number of nitrogens with zero attached hydrogens (tertiary/aromatic N) is 2. The minimum absolute atomic E-state index is 0.136. The van der Waals surface area contributed by atoms with Crippen molar-refractivity contribution >= 4 is 49.1 Å². The zero-order chi connectivity index (χ0) is 14.9. The standard InChI is InChI=1S/C11H11BrN2O3S3/c1-6-4-8(14-11(13-6)18-3)7-5-9(12)19-10(7)20(15,16)17-2/h4-5H,1-3H3. The average Bonchev–Trinajstić information content (AvgIpc) is 2.81. The smallest absolute Gasteiger partial charge is 0.269 e. The van der Waals surface area contributed by atoms with Crippen LogP contribution in [0.3, 0.4) is 0 Å². The van der Waals surface area contributed by atoms with Crippen molar-refractivity contribution in [1.29, 1.82) is 0 Å². The Labute approximate surface area is 134 Å². The molecule has 0 aliphatic heterocycles. The normalized spacial score (nSPS) is 11.8. The van der Waals surface area contributed by atoms with Gasteiger partial charge in [-0.1, -0.05) is 11.8 Å². The predicted octanol–water partition coefficient (Wildman–Crippen LogP) is 3.33. The van der Waals surface area contributed by atoms with Gasteiger partial charge < -0.3 is 0 Å². The first-order valence-electron chi connectivity index (χ1n) is 5.37. The Hall–Kier alpha value is -0.480. The van der Waals surface area contributed by atoms with Crippen molar-refractivity contribution in [3.63, 3.8) is 0 Å². The second kappa shape index (κ2) is 6.10. The van der Waals surface area contributed by atoms with Crippen LogP contribution in [-0.4, -0.2) is 31.8 Å². The molecule has 2 aromatic rings. The summed E-state index contributed by atoms with van der Waals surface area (Å²) in [5.74, 6) is 0. The van der Waals surface area contributed by atoms with Crippen molar-refractivity contribution in [2.24, 2.45) is 0 Å². The molecule has 0 aliphatic carbocycles. The van der Waals surface area contributed by atoms with Crippen LogP contribution in [0.1, 0.15) is 5.69 Å². The van der Waals surface area contributed by atoms with Crippen molar-refractivity contribution in [1.82, 2.24) is 9.97 Å². The molecule has 0 atom stereocenters. The summed E-state index contributed by atoms with van der Waals surface area (Å²) in [6.45, 7) is 1.84. The molecule has 0 radical (unpaired) electrons. The van der Waals surface area contributed by atoms with E-state index in [0.717, 1.165) is 24.1 Å². The van der Waals surface area contributed by atoms with E-state index in [-0.39, 0.29) is 4.21 Å². The summed E-state index contributed by atoms with van der Waals surface area (Å²) >= 11 is 5.81. The maximum absolute atomic E-state index is 12.0. The molecule has 0 saturated carbocycles. The topological polar surface area (TPSA) is 69.2 Å². The monoisotopic (exact) mass is 394 g/mol. The van der Waals surface area contributed by atoms with Crippen LogP contribution in [-0.2, 0) is 14.3 Å². The predicted molar refractivity (Wildman–Crippen MR) is 83.8 cm³/mol. The van der Waals surface area contributed by atoms with E-state index in [0.29, 0.717) is 20.2 Å². The van der Waals surface area contributed by atoms with Crippen LogP contribution in [0, 0.1) is 6.92 Å². The van der Waals surface area contributed by atoms with E-state index in [2.05, 4.69) is 30.1 Å². The van der Waals surface area contributed by atoms with Crippen LogP contribution in [0.15, 0.2) is 25.3 Å². The first-order chi connectivity index (χ1) is 9.37. The van der Waals surface area contributed by atoms with Gasteiger partial charge in [-0.25, -0.2) is 9.97 Å². The van der Waals surface area contributed by atoms with Gasteiger partial charge in [0.05, 0.1) is 16.6 Å². The Morgan fingerprint density at radius 1 is 1.35 bits per heavy atom. The summed E-state index contributed by atoms with van der Waals surface area (Å²) in [4.78, 5) is 8.62. The highest BCUT2D eigenvalue weighted by Gasteiger charge is 2.24. The number of halogens is 1. The van der Waals surface area contributed by atoms with E-state index in [9.17, 15) is 8.42 Å². The van der Waals surface area contributed by atoms with Crippen molar-refractivity contribution in [3.8, 4) is 11.3 Å². The van der Waals surface area contributed by atoms with Crippen LogP contribution in [0.25, 0.3) is 11.3 Å². The lowest BCUT2D eigenvalue weighted by atomic mass is 10.2. The highest BCUT2D eigenvalue weighted by Crippen LogP contribution is 2.38. The zero-order valence-electron chi connectivity index (χ0n) is 10.9. The summed E-state index contributed by atoms with van der Waals surface area (Å²) in [6, 6.07) is 3.48. The molecule has 0 aliphatic rings. The van der Waals surface area contributed by atoms with Gasteiger partial charge in [-0.05, 0) is 41.2 Å². The van der Waals surface area contributed by atoms with Crippen molar-refractivity contribution in [2.45, 2.75) is 16.3 Å². The van der Waals surface area contributed by atoms with Crippen molar-refractivity contribution < 1.29 is 12.6 Å². The number of aromatic nitrogens is 2. The van der Waals surface area contributed by atoms with Gasteiger partial charge in [0, 0.05) is 11.3 Å². The van der Waals surface area contributed by atoms with Gasteiger partial charge in [0.15, 0.2) is 9.37 Å². The van der Waals surface area contributed by atoms with Gasteiger partial charge >= 0.3 is 10.1 Å². The molecule has 2 rings (SSSR count). The fraction of sp³-hybridized carbons (Fsp3) is 0.273. The minimum atomic E-state index is -3.77. The quantitative estimate of drug-likeness (QED) is 0.449. The van der Waals surface area contributed by atoms with Gasteiger partial charge in [0.1, 0.15) is 0 Å². The molecule has 0 unspecified atom stereocenters. The Morgan fingerprint density at radius 2 is 2.05 bits per heavy atom. The van der Waals surface area contributed by atoms with Crippen LogP contribution in [0.2, 0.25) is 0 Å². The van der Waals surface area contributed by atoms with E-state index in [1.165, 1.54) is 11.8 Å². The molecule has 0 amide bonds. The molecule has 0 spiro atoms. The number of aryl methyl sites for hydroxylation is 1. The molecule has 2 aromatic heterocycles. The van der Waals surface area contributed by atoms with Gasteiger partial charge in [-0.3, -0.25) is 4.18 Å². The number of hydrogen-bond acceptors (Lipinski definition) is 7. The Bertz CT molecular complexity index is 743. The first kappa shape index (κ1) is 15.9. The molecule has 0 saturated heterocycles.